The highest BCUT2D eigenvalue weighted by Crippen LogP contribution is 2.33. The number of fused-ring (bicyclic) bond motifs is 1. The van der Waals surface area contributed by atoms with E-state index < -0.39 is 0 Å². The van der Waals surface area contributed by atoms with Crippen LogP contribution in [0.25, 0.3) is 28.0 Å². The summed E-state index contributed by atoms with van der Waals surface area (Å²) in [4.78, 5) is 9.47. The van der Waals surface area contributed by atoms with Crippen molar-refractivity contribution in [1.29, 1.82) is 0 Å². The van der Waals surface area contributed by atoms with Crippen LogP contribution < -0.4 is 20.5 Å². The zero-order valence-electron chi connectivity index (χ0n) is 18.6. The van der Waals surface area contributed by atoms with Gasteiger partial charge < -0.3 is 25.3 Å². The van der Waals surface area contributed by atoms with Gasteiger partial charge in [0.15, 0.2) is 5.65 Å². The monoisotopic (exact) mass is 446 g/mol. The summed E-state index contributed by atoms with van der Waals surface area (Å²) in [5, 5.41) is 8.71. The third-order valence-electron chi connectivity index (χ3n) is 5.76. The second-order valence-corrected chi connectivity index (χ2v) is 7.83. The molecule has 0 saturated carbocycles. The molecule has 5 rings (SSSR count). The van der Waals surface area contributed by atoms with Crippen LogP contribution in [0.3, 0.4) is 0 Å². The standard InChI is InChI=1S/C24H26N6O3/c1-31-17-9-5-15(6-10-17)21-20-22(25)30(16-7-11-18(32-2)12-8-16)29-23(20)28-24(27-21)26-14-19-4-3-13-33-19/h5-12,19H,3-4,13-14,25H2,1-2H3,(H,26,28,29). The largest absolute Gasteiger partial charge is 0.497 e. The van der Waals surface area contributed by atoms with Crippen molar-refractivity contribution in [1.82, 2.24) is 19.7 Å². The first-order chi connectivity index (χ1) is 16.2. The predicted molar refractivity (Wildman–Crippen MR) is 127 cm³/mol. The Hall–Kier alpha value is -3.85. The number of hydrogen-bond donors (Lipinski definition) is 2. The van der Waals surface area contributed by atoms with E-state index in [9.17, 15) is 0 Å². The van der Waals surface area contributed by atoms with Crippen molar-refractivity contribution in [2.75, 3.05) is 38.4 Å². The summed E-state index contributed by atoms with van der Waals surface area (Å²) in [7, 11) is 3.27. The minimum absolute atomic E-state index is 0.163. The molecule has 0 amide bonds. The molecule has 1 aliphatic heterocycles. The van der Waals surface area contributed by atoms with E-state index in [-0.39, 0.29) is 6.10 Å². The zero-order valence-corrected chi connectivity index (χ0v) is 18.6. The molecule has 1 unspecified atom stereocenters. The number of rotatable bonds is 7. The maximum Gasteiger partial charge on any atom is 0.225 e. The highest BCUT2D eigenvalue weighted by molar-refractivity contribution is 5.99. The van der Waals surface area contributed by atoms with Gasteiger partial charge in [-0.3, -0.25) is 0 Å². The maximum atomic E-state index is 6.58. The molecule has 0 bridgehead atoms. The minimum atomic E-state index is 0.163. The Morgan fingerprint density at radius 1 is 1.03 bits per heavy atom. The van der Waals surface area contributed by atoms with Crippen molar-refractivity contribution in [3.63, 3.8) is 0 Å². The molecular formula is C24H26N6O3. The fourth-order valence-corrected chi connectivity index (χ4v) is 3.98. The van der Waals surface area contributed by atoms with E-state index in [1.54, 1.807) is 18.9 Å². The van der Waals surface area contributed by atoms with Gasteiger partial charge in [-0.15, -0.1) is 5.10 Å². The van der Waals surface area contributed by atoms with Gasteiger partial charge in [0, 0.05) is 18.7 Å². The lowest BCUT2D eigenvalue weighted by Crippen LogP contribution is -2.19. The lowest BCUT2D eigenvalue weighted by atomic mass is 10.1. The number of nitrogens with zero attached hydrogens (tertiary/aromatic N) is 4. The predicted octanol–water partition coefficient (Wildman–Crippen LogP) is 3.67. The number of nitrogens with two attached hydrogens (primary N) is 1. The minimum Gasteiger partial charge on any atom is -0.497 e. The Bertz CT molecular complexity index is 1250. The number of nitrogen functional groups attached to an aromatic ring is 1. The van der Waals surface area contributed by atoms with Crippen molar-refractivity contribution < 1.29 is 14.2 Å². The van der Waals surface area contributed by atoms with Gasteiger partial charge in [0.2, 0.25) is 5.95 Å². The second kappa shape index (κ2) is 8.95. The van der Waals surface area contributed by atoms with Crippen LogP contribution in [-0.4, -0.2) is 53.2 Å². The summed E-state index contributed by atoms with van der Waals surface area (Å²) < 4.78 is 18.0. The zero-order chi connectivity index (χ0) is 22.8. The summed E-state index contributed by atoms with van der Waals surface area (Å²) >= 11 is 0. The van der Waals surface area contributed by atoms with Crippen molar-refractivity contribution in [3.05, 3.63) is 48.5 Å². The first kappa shape index (κ1) is 21.0. The average Bonchev–Trinajstić information content (AvgIpc) is 3.50. The van der Waals surface area contributed by atoms with E-state index in [4.69, 9.17) is 30.0 Å². The van der Waals surface area contributed by atoms with Gasteiger partial charge in [0.05, 0.1) is 37.1 Å². The summed E-state index contributed by atoms with van der Waals surface area (Å²) in [5.41, 5.74) is 9.50. The number of nitrogens with one attached hydrogen (secondary N) is 1. The topological polar surface area (TPSA) is 109 Å². The van der Waals surface area contributed by atoms with Gasteiger partial charge in [-0.2, -0.15) is 4.98 Å². The average molecular weight is 447 g/mol. The van der Waals surface area contributed by atoms with Gasteiger partial charge >= 0.3 is 0 Å². The molecule has 3 heterocycles. The van der Waals surface area contributed by atoms with E-state index in [1.807, 2.05) is 48.5 Å². The van der Waals surface area contributed by atoms with Crippen molar-refractivity contribution in [3.8, 4) is 28.4 Å². The fraction of sp³-hybridized carbons (Fsp3) is 0.292. The van der Waals surface area contributed by atoms with Crippen LogP contribution in [0.2, 0.25) is 0 Å². The Labute approximate surface area is 191 Å². The number of hydrogen-bond acceptors (Lipinski definition) is 8. The Morgan fingerprint density at radius 3 is 2.36 bits per heavy atom. The van der Waals surface area contributed by atoms with Gasteiger partial charge in [0.1, 0.15) is 17.3 Å². The van der Waals surface area contributed by atoms with Gasteiger partial charge in [-0.1, -0.05) is 0 Å². The van der Waals surface area contributed by atoms with E-state index in [0.717, 1.165) is 42.2 Å². The van der Waals surface area contributed by atoms with Crippen LogP contribution in [0.15, 0.2) is 48.5 Å². The molecule has 9 nitrogen and oxygen atoms in total. The van der Waals surface area contributed by atoms with Crippen LogP contribution in [0.5, 0.6) is 11.5 Å². The molecule has 1 fully saturated rings. The van der Waals surface area contributed by atoms with Crippen LogP contribution in [0, 0.1) is 0 Å². The molecule has 170 valence electrons. The lowest BCUT2D eigenvalue weighted by Gasteiger charge is -2.12. The molecule has 0 radical (unpaired) electrons. The van der Waals surface area contributed by atoms with E-state index in [2.05, 4.69) is 10.3 Å². The summed E-state index contributed by atoms with van der Waals surface area (Å²) in [6.45, 7) is 1.44. The number of anilines is 2. The second-order valence-electron chi connectivity index (χ2n) is 7.83. The molecule has 3 N–H and O–H groups in total. The number of aromatic nitrogens is 4. The molecule has 0 aliphatic carbocycles. The fourth-order valence-electron chi connectivity index (χ4n) is 3.98. The summed E-state index contributed by atoms with van der Waals surface area (Å²) in [6, 6.07) is 15.2. The van der Waals surface area contributed by atoms with E-state index >= 15 is 0 Å². The molecular weight excluding hydrogens is 420 g/mol. The van der Waals surface area contributed by atoms with Crippen molar-refractivity contribution >= 4 is 22.8 Å². The molecule has 9 heteroatoms. The molecule has 0 spiro atoms. The third kappa shape index (κ3) is 4.14. The SMILES string of the molecule is COc1ccc(-c2nc(NCC3CCCO3)nc3nn(-c4ccc(OC)cc4)c(N)c23)cc1. The van der Waals surface area contributed by atoms with Crippen LogP contribution in [0.1, 0.15) is 12.8 Å². The normalized spacial score (nSPS) is 15.6. The Morgan fingerprint density at radius 2 is 1.73 bits per heavy atom. The van der Waals surface area contributed by atoms with Crippen molar-refractivity contribution in [2.24, 2.45) is 0 Å². The van der Waals surface area contributed by atoms with E-state index in [0.29, 0.717) is 35.0 Å². The first-order valence-corrected chi connectivity index (χ1v) is 10.9. The maximum absolute atomic E-state index is 6.58. The summed E-state index contributed by atoms with van der Waals surface area (Å²) in [6.07, 6.45) is 2.27. The van der Waals surface area contributed by atoms with Gasteiger partial charge in [-0.25, -0.2) is 9.67 Å². The lowest BCUT2D eigenvalue weighted by molar-refractivity contribution is 0.120. The number of methoxy groups -OCH3 is 2. The molecule has 1 saturated heterocycles. The molecule has 4 aromatic rings. The molecule has 1 atom stereocenters. The smallest absolute Gasteiger partial charge is 0.225 e. The molecule has 2 aromatic heterocycles. The molecule has 2 aromatic carbocycles. The quantitative estimate of drug-likeness (QED) is 0.443. The Kier molecular flexibility index (Phi) is 5.70. The highest BCUT2D eigenvalue weighted by Gasteiger charge is 2.21. The molecule has 33 heavy (non-hydrogen) atoms. The number of benzene rings is 2. The number of ether oxygens (including phenoxy) is 3. The van der Waals surface area contributed by atoms with Crippen molar-refractivity contribution in [2.45, 2.75) is 18.9 Å². The summed E-state index contributed by atoms with van der Waals surface area (Å²) in [5.74, 6) is 2.48. The Balaban J connectivity index is 1.60. The van der Waals surface area contributed by atoms with Crippen LogP contribution >= 0.6 is 0 Å². The third-order valence-corrected chi connectivity index (χ3v) is 5.76. The van der Waals surface area contributed by atoms with Crippen LogP contribution in [-0.2, 0) is 4.74 Å². The van der Waals surface area contributed by atoms with Gasteiger partial charge in [0.25, 0.3) is 0 Å². The van der Waals surface area contributed by atoms with Crippen LogP contribution in [0.4, 0.5) is 11.8 Å². The van der Waals surface area contributed by atoms with E-state index in [1.165, 1.54) is 0 Å². The highest BCUT2D eigenvalue weighted by atomic mass is 16.5. The first-order valence-electron chi connectivity index (χ1n) is 10.9. The van der Waals surface area contributed by atoms with Gasteiger partial charge in [-0.05, 0) is 61.4 Å². The molecule has 1 aliphatic rings.